The molecule has 0 radical (unpaired) electrons. The number of hydrogen-bond donors (Lipinski definition) is 2. The molecule has 1 aromatic heterocycles. The fourth-order valence-electron chi connectivity index (χ4n) is 1.39. The Kier molecular flexibility index (Phi) is 6.02. The molecule has 19 heavy (non-hydrogen) atoms. The lowest BCUT2D eigenvalue weighted by Crippen LogP contribution is -2.21. The fraction of sp³-hybridized carbons (Fsp3) is 0.417. The maximum absolute atomic E-state index is 11.5. The van der Waals surface area contributed by atoms with E-state index in [2.05, 4.69) is 11.2 Å². The van der Waals surface area contributed by atoms with Gasteiger partial charge in [0.15, 0.2) is 0 Å². The van der Waals surface area contributed by atoms with Gasteiger partial charge in [-0.25, -0.2) is 13.6 Å². The lowest BCUT2D eigenvalue weighted by Gasteiger charge is -2.02. The monoisotopic (exact) mass is 300 g/mol. The second kappa shape index (κ2) is 7.28. The predicted molar refractivity (Wildman–Crippen MR) is 74.8 cm³/mol. The highest BCUT2D eigenvalue weighted by Crippen LogP contribution is 2.19. The van der Waals surface area contributed by atoms with Crippen LogP contribution in [0, 0.1) is 12.3 Å². The summed E-state index contributed by atoms with van der Waals surface area (Å²) in [6.07, 6.45) is 7.80. The number of hydrogen-bond acceptors (Lipinski definition) is 4. The Morgan fingerprint density at radius 3 is 2.74 bits per heavy atom. The van der Waals surface area contributed by atoms with E-state index in [1.54, 1.807) is 6.07 Å². The summed E-state index contributed by atoms with van der Waals surface area (Å²) in [4.78, 5) is 12.2. The van der Waals surface area contributed by atoms with E-state index in [-0.39, 0.29) is 10.1 Å². The van der Waals surface area contributed by atoms with Crippen molar-refractivity contribution < 1.29 is 13.2 Å². The van der Waals surface area contributed by atoms with E-state index in [1.807, 2.05) is 0 Å². The molecule has 104 valence electrons. The molecule has 1 rings (SSSR count). The number of carbonyl (C=O) groups excluding carboxylic acids is 1. The largest absolute Gasteiger partial charge is 0.351 e. The normalized spacial score (nSPS) is 10.9. The highest BCUT2D eigenvalue weighted by Gasteiger charge is 2.11. The molecule has 5 nitrogen and oxygen atoms in total. The molecule has 0 aliphatic rings. The van der Waals surface area contributed by atoms with Gasteiger partial charge in [-0.15, -0.1) is 23.7 Å². The van der Waals surface area contributed by atoms with Crippen LogP contribution in [0.4, 0.5) is 0 Å². The van der Waals surface area contributed by atoms with Crippen LogP contribution in [0.15, 0.2) is 16.3 Å². The minimum absolute atomic E-state index is 0.0671. The van der Waals surface area contributed by atoms with Crippen molar-refractivity contribution in [1.82, 2.24) is 5.32 Å². The van der Waals surface area contributed by atoms with E-state index in [0.29, 0.717) is 19.4 Å². The number of thiophene rings is 1. The molecule has 3 N–H and O–H groups in total. The van der Waals surface area contributed by atoms with Crippen LogP contribution < -0.4 is 10.5 Å². The molecule has 7 heteroatoms. The van der Waals surface area contributed by atoms with Gasteiger partial charge in [0.25, 0.3) is 0 Å². The Hall–Kier alpha value is -1.36. The van der Waals surface area contributed by atoms with Crippen LogP contribution in [0.3, 0.4) is 0 Å². The first kappa shape index (κ1) is 15.7. The average Bonchev–Trinajstić information content (AvgIpc) is 2.81. The summed E-state index contributed by atoms with van der Waals surface area (Å²) >= 11 is 1.06. The second-order valence-corrected chi connectivity index (χ2v) is 6.91. The van der Waals surface area contributed by atoms with E-state index >= 15 is 0 Å². The molecule has 0 spiro atoms. The quantitative estimate of drug-likeness (QED) is 0.586. The Morgan fingerprint density at radius 1 is 1.42 bits per heavy atom. The number of primary sulfonamides is 1. The minimum Gasteiger partial charge on any atom is -0.351 e. The van der Waals surface area contributed by atoms with Gasteiger partial charge in [-0.3, -0.25) is 4.79 Å². The zero-order valence-electron chi connectivity index (χ0n) is 10.4. The van der Waals surface area contributed by atoms with Gasteiger partial charge in [-0.05, 0) is 25.0 Å². The van der Waals surface area contributed by atoms with Gasteiger partial charge in [0.1, 0.15) is 4.21 Å². The van der Waals surface area contributed by atoms with Crippen LogP contribution in [0.25, 0.3) is 0 Å². The maximum Gasteiger partial charge on any atom is 0.247 e. The van der Waals surface area contributed by atoms with E-state index in [4.69, 9.17) is 11.6 Å². The summed E-state index contributed by atoms with van der Waals surface area (Å²) in [6.45, 7) is 0.314. The first-order valence-electron chi connectivity index (χ1n) is 5.75. The molecule has 1 heterocycles. The van der Waals surface area contributed by atoms with Crippen molar-refractivity contribution in [2.75, 3.05) is 0 Å². The van der Waals surface area contributed by atoms with Gasteiger partial charge in [-0.1, -0.05) is 0 Å². The molecule has 0 fully saturated rings. The van der Waals surface area contributed by atoms with Crippen molar-refractivity contribution in [1.29, 1.82) is 0 Å². The smallest absolute Gasteiger partial charge is 0.247 e. The average molecular weight is 300 g/mol. The number of rotatable bonds is 7. The number of amides is 1. The lowest BCUT2D eigenvalue weighted by atomic mass is 10.2. The third kappa shape index (κ3) is 5.87. The number of terminal acetylenes is 1. The van der Waals surface area contributed by atoms with Crippen LogP contribution in [-0.2, 0) is 21.4 Å². The van der Waals surface area contributed by atoms with Crippen molar-refractivity contribution in [2.45, 2.75) is 36.4 Å². The Labute approximate surface area is 117 Å². The molecule has 0 bridgehead atoms. The minimum atomic E-state index is -3.65. The summed E-state index contributed by atoms with van der Waals surface area (Å²) < 4.78 is 22.2. The van der Waals surface area contributed by atoms with Crippen molar-refractivity contribution in [3.8, 4) is 12.3 Å². The zero-order chi connectivity index (χ0) is 14.3. The van der Waals surface area contributed by atoms with Gasteiger partial charge in [0, 0.05) is 17.7 Å². The van der Waals surface area contributed by atoms with E-state index in [0.717, 1.165) is 29.1 Å². The first-order chi connectivity index (χ1) is 8.93. The molecule has 0 aromatic carbocycles. The summed E-state index contributed by atoms with van der Waals surface area (Å²) in [5, 5.41) is 7.72. The molecular formula is C12H16N2O3S2. The van der Waals surface area contributed by atoms with Crippen LogP contribution in [0.2, 0.25) is 0 Å². The second-order valence-electron chi connectivity index (χ2n) is 3.95. The molecule has 0 saturated heterocycles. The Morgan fingerprint density at radius 2 is 2.16 bits per heavy atom. The summed E-state index contributed by atoms with van der Waals surface area (Å²) in [5.41, 5.74) is 0. The molecule has 0 aliphatic heterocycles. The van der Waals surface area contributed by atoms with Gasteiger partial charge >= 0.3 is 0 Å². The third-order valence-corrected chi connectivity index (χ3v) is 4.88. The topological polar surface area (TPSA) is 89.3 Å². The van der Waals surface area contributed by atoms with Gasteiger partial charge in [0.05, 0.1) is 6.54 Å². The van der Waals surface area contributed by atoms with E-state index in [1.165, 1.54) is 6.07 Å². The number of sulfonamides is 1. The highest BCUT2D eigenvalue weighted by molar-refractivity contribution is 7.91. The summed E-state index contributed by atoms with van der Waals surface area (Å²) in [5.74, 6) is 2.45. The Bertz CT molecular complexity index is 570. The van der Waals surface area contributed by atoms with Crippen LogP contribution >= 0.6 is 11.3 Å². The number of carbonyl (C=O) groups is 1. The van der Waals surface area contributed by atoms with Crippen LogP contribution in [0.5, 0.6) is 0 Å². The molecule has 0 unspecified atom stereocenters. The van der Waals surface area contributed by atoms with Crippen molar-refractivity contribution in [2.24, 2.45) is 5.14 Å². The van der Waals surface area contributed by atoms with Gasteiger partial charge < -0.3 is 5.32 Å². The van der Waals surface area contributed by atoms with Crippen molar-refractivity contribution in [3.63, 3.8) is 0 Å². The summed E-state index contributed by atoms with van der Waals surface area (Å²) in [6, 6.07) is 3.08. The molecular weight excluding hydrogens is 284 g/mol. The molecule has 0 saturated carbocycles. The zero-order valence-corrected chi connectivity index (χ0v) is 12.0. The predicted octanol–water partition coefficient (Wildman–Crippen LogP) is 1.21. The van der Waals surface area contributed by atoms with E-state index < -0.39 is 10.0 Å². The number of nitrogens with two attached hydrogens (primary N) is 1. The summed E-state index contributed by atoms with van der Waals surface area (Å²) in [7, 11) is -3.65. The number of unbranched alkanes of at least 4 members (excludes halogenated alkanes) is 2. The Balaban J connectivity index is 2.35. The number of nitrogens with one attached hydrogen (secondary N) is 1. The van der Waals surface area contributed by atoms with Crippen molar-refractivity contribution >= 4 is 27.3 Å². The van der Waals surface area contributed by atoms with Gasteiger partial charge in [-0.2, -0.15) is 0 Å². The fourth-order valence-corrected chi connectivity index (χ4v) is 3.11. The highest BCUT2D eigenvalue weighted by atomic mass is 32.2. The molecule has 0 aliphatic carbocycles. The van der Waals surface area contributed by atoms with Crippen molar-refractivity contribution in [3.05, 3.63) is 17.0 Å². The molecule has 1 amide bonds. The SMILES string of the molecule is C#CCCCCC(=O)NCc1ccc(S(N)(=O)=O)s1. The maximum atomic E-state index is 11.5. The third-order valence-electron chi connectivity index (χ3n) is 2.35. The van der Waals surface area contributed by atoms with Crippen LogP contribution in [-0.4, -0.2) is 14.3 Å². The lowest BCUT2D eigenvalue weighted by molar-refractivity contribution is -0.121. The standard InChI is InChI=1S/C12H16N2O3S2/c1-2-3-4-5-6-11(15)14-9-10-7-8-12(18-10)19(13,16)17/h1,7-8H,3-6,9H2,(H,14,15)(H2,13,16,17). The van der Waals surface area contributed by atoms with E-state index in [9.17, 15) is 13.2 Å². The first-order valence-corrected chi connectivity index (χ1v) is 8.11. The van der Waals surface area contributed by atoms with Crippen LogP contribution in [0.1, 0.15) is 30.6 Å². The molecule has 1 aromatic rings. The molecule has 0 atom stereocenters. The van der Waals surface area contributed by atoms with Gasteiger partial charge in [0.2, 0.25) is 15.9 Å².